The van der Waals surface area contributed by atoms with Crippen LogP contribution >= 0.6 is 0 Å². The molecule has 0 radical (unpaired) electrons. The summed E-state index contributed by atoms with van der Waals surface area (Å²) in [5.74, 6) is 0.780. The van der Waals surface area contributed by atoms with E-state index < -0.39 is 5.60 Å². The lowest BCUT2D eigenvalue weighted by Crippen LogP contribution is -2.43. The monoisotopic (exact) mass is 321 g/mol. The Morgan fingerprint density at radius 1 is 1.17 bits per heavy atom. The lowest BCUT2D eigenvalue weighted by molar-refractivity contribution is -0.140. The van der Waals surface area contributed by atoms with Gasteiger partial charge >= 0.3 is 0 Å². The predicted octanol–water partition coefficient (Wildman–Crippen LogP) is 4.63. The zero-order valence-electron chi connectivity index (χ0n) is 15.4. The van der Waals surface area contributed by atoms with E-state index in [1.54, 1.807) is 7.11 Å². The van der Waals surface area contributed by atoms with Gasteiger partial charge in [-0.2, -0.15) is 0 Å². The van der Waals surface area contributed by atoms with E-state index in [4.69, 9.17) is 9.47 Å². The number of amides is 1. The minimum atomic E-state index is -0.784. The van der Waals surface area contributed by atoms with Crippen molar-refractivity contribution >= 4 is 11.6 Å². The van der Waals surface area contributed by atoms with Crippen LogP contribution in [0.1, 0.15) is 57.6 Å². The van der Waals surface area contributed by atoms with Crippen LogP contribution in [-0.2, 0) is 9.53 Å². The number of nitrogens with one attached hydrogen (secondary N) is 1. The molecular formula is C19H31NO3. The number of anilines is 1. The molecule has 1 aromatic carbocycles. The maximum Gasteiger partial charge on any atom is 0.256 e. The Kier molecular flexibility index (Phi) is 7.56. The van der Waals surface area contributed by atoms with Crippen molar-refractivity contribution < 1.29 is 14.3 Å². The summed E-state index contributed by atoms with van der Waals surface area (Å²) in [7, 11) is 1.66. The molecule has 23 heavy (non-hydrogen) atoms. The first-order valence-corrected chi connectivity index (χ1v) is 8.48. The molecule has 0 bridgehead atoms. The number of aryl methyl sites for hydroxylation is 2. The minimum Gasteiger partial charge on any atom is -0.496 e. The average Bonchev–Trinajstić information content (AvgIpc) is 2.50. The van der Waals surface area contributed by atoms with Gasteiger partial charge in [-0.3, -0.25) is 4.79 Å². The highest BCUT2D eigenvalue weighted by molar-refractivity contribution is 5.97. The van der Waals surface area contributed by atoms with Gasteiger partial charge in [-0.1, -0.05) is 26.7 Å². The van der Waals surface area contributed by atoms with Crippen molar-refractivity contribution in [3.05, 3.63) is 23.3 Å². The standard InChI is InChI=1S/C19H31NO3/c1-7-9-10-19(5,23-11-8-2)18(21)20-16-12-14(3)17(22-6)15(4)13-16/h12-13H,7-11H2,1-6H3,(H,20,21)/t19-/m0/s1. The molecule has 0 aliphatic heterocycles. The summed E-state index contributed by atoms with van der Waals surface area (Å²) in [4.78, 5) is 12.8. The van der Waals surface area contributed by atoms with Crippen molar-refractivity contribution in [3.8, 4) is 5.75 Å². The lowest BCUT2D eigenvalue weighted by atomic mass is 9.97. The van der Waals surface area contributed by atoms with E-state index >= 15 is 0 Å². The Morgan fingerprint density at radius 3 is 2.26 bits per heavy atom. The summed E-state index contributed by atoms with van der Waals surface area (Å²) >= 11 is 0. The van der Waals surface area contributed by atoms with E-state index in [1.165, 1.54) is 0 Å². The second kappa shape index (κ2) is 8.92. The Labute approximate surface area is 140 Å². The van der Waals surface area contributed by atoms with Gasteiger partial charge in [0.25, 0.3) is 5.91 Å². The molecule has 0 saturated heterocycles. The molecule has 0 unspecified atom stereocenters. The second-order valence-corrected chi connectivity index (χ2v) is 6.28. The summed E-state index contributed by atoms with van der Waals surface area (Å²) in [5, 5.41) is 3.01. The maximum absolute atomic E-state index is 12.8. The van der Waals surface area contributed by atoms with E-state index in [0.717, 1.165) is 48.2 Å². The fraction of sp³-hybridized carbons (Fsp3) is 0.632. The number of ether oxygens (including phenoxy) is 2. The van der Waals surface area contributed by atoms with E-state index in [9.17, 15) is 4.79 Å². The van der Waals surface area contributed by atoms with Crippen LogP contribution in [0, 0.1) is 13.8 Å². The van der Waals surface area contributed by atoms with Crippen LogP contribution < -0.4 is 10.1 Å². The molecule has 0 aliphatic rings. The molecular weight excluding hydrogens is 290 g/mol. The van der Waals surface area contributed by atoms with Crippen LogP contribution in [0.5, 0.6) is 5.75 Å². The Morgan fingerprint density at radius 2 is 1.78 bits per heavy atom. The zero-order valence-corrected chi connectivity index (χ0v) is 15.4. The lowest BCUT2D eigenvalue weighted by Gasteiger charge is -2.29. The second-order valence-electron chi connectivity index (χ2n) is 6.28. The quantitative estimate of drug-likeness (QED) is 0.721. The number of hydrogen-bond donors (Lipinski definition) is 1. The molecule has 0 saturated carbocycles. The van der Waals surface area contributed by atoms with Crippen molar-refractivity contribution in [1.29, 1.82) is 0 Å². The average molecular weight is 321 g/mol. The Hall–Kier alpha value is -1.55. The molecule has 0 fully saturated rings. The normalized spacial score (nSPS) is 13.5. The van der Waals surface area contributed by atoms with Gasteiger partial charge in [-0.25, -0.2) is 0 Å². The zero-order chi connectivity index (χ0) is 17.5. The number of carbonyl (C=O) groups is 1. The van der Waals surface area contributed by atoms with Crippen molar-refractivity contribution in [3.63, 3.8) is 0 Å². The molecule has 1 aromatic rings. The van der Waals surface area contributed by atoms with Gasteiger partial charge in [0.05, 0.1) is 7.11 Å². The van der Waals surface area contributed by atoms with Crippen LogP contribution in [0.15, 0.2) is 12.1 Å². The van der Waals surface area contributed by atoms with Crippen molar-refractivity contribution in [1.82, 2.24) is 0 Å². The fourth-order valence-electron chi connectivity index (χ4n) is 2.70. The molecule has 4 heteroatoms. The number of hydrogen-bond acceptors (Lipinski definition) is 3. The van der Waals surface area contributed by atoms with Gasteiger partial charge in [0.1, 0.15) is 11.4 Å². The first-order chi connectivity index (χ1) is 10.9. The molecule has 1 amide bonds. The van der Waals surface area contributed by atoms with Crippen LogP contribution in [0.25, 0.3) is 0 Å². The first kappa shape index (κ1) is 19.5. The third kappa shape index (κ3) is 5.24. The molecule has 0 aromatic heterocycles. The van der Waals surface area contributed by atoms with E-state index in [1.807, 2.05) is 39.8 Å². The van der Waals surface area contributed by atoms with E-state index in [0.29, 0.717) is 6.61 Å². The molecule has 1 rings (SSSR count). The first-order valence-electron chi connectivity index (χ1n) is 8.48. The van der Waals surface area contributed by atoms with Gasteiger partial charge in [0.2, 0.25) is 0 Å². The van der Waals surface area contributed by atoms with E-state index in [-0.39, 0.29) is 5.91 Å². The summed E-state index contributed by atoms with van der Waals surface area (Å²) in [5.41, 5.74) is 2.02. The van der Waals surface area contributed by atoms with Crippen molar-refractivity contribution in [2.24, 2.45) is 0 Å². The Balaban J connectivity index is 2.93. The summed E-state index contributed by atoms with van der Waals surface area (Å²) in [6.45, 7) is 10.6. The topological polar surface area (TPSA) is 47.6 Å². The van der Waals surface area contributed by atoms with Crippen LogP contribution in [-0.4, -0.2) is 25.2 Å². The molecule has 1 N–H and O–H groups in total. The summed E-state index contributed by atoms with van der Waals surface area (Å²) in [6.07, 6.45) is 3.63. The van der Waals surface area contributed by atoms with Gasteiger partial charge in [-0.05, 0) is 56.9 Å². The molecule has 0 spiro atoms. The van der Waals surface area contributed by atoms with Crippen molar-refractivity contribution in [2.75, 3.05) is 19.0 Å². The number of unbranched alkanes of at least 4 members (excludes halogenated alkanes) is 1. The number of rotatable bonds is 9. The SMILES string of the molecule is CCCC[C@](C)(OCCC)C(=O)Nc1cc(C)c(OC)c(C)c1. The number of benzene rings is 1. The smallest absolute Gasteiger partial charge is 0.256 e. The highest BCUT2D eigenvalue weighted by atomic mass is 16.5. The Bertz CT molecular complexity index is 494. The van der Waals surface area contributed by atoms with Crippen LogP contribution in [0.2, 0.25) is 0 Å². The third-order valence-corrected chi connectivity index (χ3v) is 4.03. The largest absolute Gasteiger partial charge is 0.496 e. The summed E-state index contributed by atoms with van der Waals surface area (Å²) in [6, 6.07) is 3.87. The van der Waals surface area contributed by atoms with Gasteiger partial charge in [0.15, 0.2) is 0 Å². The highest BCUT2D eigenvalue weighted by Gasteiger charge is 2.33. The van der Waals surface area contributed by atoms with Crippen LogP contribution in [0.3, 0.4) is 0 Å². The van der Waals surface area contributed by atoms with E-state index in [2.05, 4.69) is 12.2 Å². The van der Waals surface area contributed by atoms with Gasteiger partial charge < -0.3 is 14.8 Å². The maximum atomic E-state index is 12.8. The third-order valence-electron chi connectivity index (χ3n) is 4.03. The fourth-order valence-corrected chi connectivity index (χ4v) is 2.70. The van der Waals surface area contributed by atoms with Crippen LogP contribution in [0.4, 0.5) is 5.69 Å². The van der Waals surface area contributed by atoms with Gasteiger partial charge in [-0.15, -0.1) is 0 Å². The highest BCUT2D eigenvalue weighted by Crippen LogP contribution is 2.28. The molecule has 0 aliphatic carbocycles. The number of methoxy groups -OCH3 is 1. The molecule has 4 nitrogen and oxygen atoms in total. The molecule has 0 heterocycles. The van der Waals surface area contributed by atoms with Crippen molar-refractivity contribution in [2.45, 2.75) is 65.9 Å². The summed E-state index contributed by atoms with van der Waals surface area (Å²) < 4.78 is 11.3. The molecule has 130 valence electrons. The number of carbonyl (C=O) groups excluding carboxylic acids is 1. The molecule has 1 atom stereocenters. The minimum absolute atomic E-state index is 0.0802. The van der Waals surface area contributed by atoms with Gasteiger partial charge in [0, 0.05) is 12.3 Å². The predicted molar refractivity (Wildman–Crippen MR) is 95.3 cm³/mol.